The van der Waals surface area contributed by atoms with Crippen molar-refractivity contribution in [3.63, 3.8) is 0 Å². The summed E-state index contributed by atoms with van der Waals surface area (Å²) in [4.78, 5) is 12.5. The van der Waals surface area contributed by atoms with Crippen LogP contribution in [-0.2, 0) is 6.42 Å². The van der Waals surface area contributed by atoms with Crippen molar-refractivity contribution >= 4 is 5.78 Å². The molecule has 3 rings (SSSR count). The van der Waals surface area contributed by atoms with Crippen LogP contribution in [0.3, 0.4) is 0 Å². The Labute approximate surface area is 118 Å². The molecule has 0 radical (unpaired) electrons. The van der Waals surface area contributed by atoms with Crippen molar-refractivity contribution in [3.05, 3.63) is 58.7 Å². The summed E-state index contributed by atoms with van der Waals surface area (Å²) in [7, 11) is 1.63. The van der Waals surface area contributed by atoms with Crippen LogP contribution in [-0.4, -0.2) is 19.5 Å². The highest BCUT2D eigenvalue weighted by atomic mass is 16.5. The van der Waals surface area contributed by atoms with Crippen molar-refractivity contribution in [2.45, 2.75) is 13.3 Å². The fraction of sp³-hybridized carbons (Fsp3) is 0.235. The molecule has 1 aliphatic heterocycles. The average molecular weight is 268 g/mol. The lowest BCUT2D eigenvalue weighted by molar-refractivity contribution is 0.103. The smallest absolute Gasteiger partial charge is 0.193 e. The standard InChI is InChI=1S/C17H16O3/c1-11-9-13(3-5-15(11)19-2)17(18)14-4-6-16-12(10-14)7-8-20-16/h3-6,9-10H,7-8H2,1-2H3. The van der Waals surface area contributed by atoms with Gasteiger partial charge in [-0.05, 0) is 54.4 Å². The molecule has 1 heterocycles. The SMILES string of the molecule is COc1ccc(C(=O)c2ccc3c(c2)CCO3)cc1C. The van der Waals surface area contributed by atoms with Crippen LogP contribution in [0.25, 0.3) is 0 Å². The van der Waals surface area contributed by atoms with E-state index in [1.165, 1.54) is 0 Å². The zero-order chi connectivity index (χ0) is 14.1. The minimum Gasteiger partial charge on any atom is -0.496 e. The van der Waals surface area contributed by atoms with Crippen molar-refractivity contribution in [2.75, 3.05) is 13.7 Å². The second kappa shape index (κ2) is 5.00. The number of fused-ring (bicyclic) bond motifs is 1. The van der Waals surface area contributed by atoms with Crippen LogP contribution in [0.1, 0.15) is 27.0 Å². The van der Waals surface area contributed by atoms with Crippen LogP contribution in [0.2, 0.25) is 0 Å². The first-order valence-corrected chi connectivity index (χ1v) is 6.64. The largest absolute Gasteiger partial charge is 0.496 e. The van der Waals surface area contributed by atoms with Gasteiger partial charge in [0.25, 0.3) is 0 Å². The van der Waals surface area contributed by atoms with Gasteiger partial charge in [-0.1, -0.05) is 0 Å². The quantitative estimate of drug-likeness (QED) is 0.802. The third-order valence-electron chi connectivity index (χ3n) is 3.61. The van der Waals surface area contributed by atoms with Crippen LogP contribution in [0.5, 0.6) is 11.5 Å². The summed E-state index contributed by atoms with van der Waals surface area (Å²) in [5.74, 6) is 1.72. The maximum Gasteiger partial charge on any atom is 0.193 e. The Balaban J connectivity index is 1.94. The summed E-state index contributed by atoms with van der Waals surface area (Å²) in [6, 6.07) is 11.1. The molecule has 2 aromatic rings. The van der Waals surface area contributed by atoms with E-state index in [0.717, 1.165) is 29.0 Å². The third-order valence-corrected chi connectivity index (χ3v) is 3.61. The predicted octanol–water partition coefficient (Wildman–Crippen LogP) is 3.17. The molecule has 0 spiro atoms. The van der Waals surface area contributed by atoms with Gasteiger partial charge in [0.15, 0.2) is 5.78 Å². The van der Waals surface area contributed by atoms with Crippen molar-refractivity contribution in [3.8, 4) is 11.5 Å². The molecule has 102 valence electrons. The molecule has 0 unspecified atom stereocenters. The van der Waals surface area contributed by atoms with E-state index >= 15 is 0 Å². The van der Waals surface area contributed by atoms with Crippen molar-refractivity contribution in [1.29, 1.82) is 0 Å². The summed E-state index contributed by atoms with van der Waals surface area (Å²) in [6.07, 6.45) is 0.873. The highest BCUT2D eigenvalue weighted by Gasteiger charge is 2.16. The van der Waals surface area contributed by atoms with E-state index in [0.29, 0.717) is 17.7 Å². The topological polar surface area (TPSA) is 35.5 Å². The zero-order valence-electron chi connectivity index (χ0n) is 11.6. The van der Waals surface area contributed by atoms with Crippen molar-refractivity contribution in [2.24, 2.45) is 0 Å². The molecule has 0 saturated carbocycles. The van der Waals surface area contributed by atoms with Gasteiger partial charge < -0.3 is 9.47 Å². The number of carbonyl (C=O) groups excluding carboxylic acids is 1. The molecule has 0 saturated heterocycles. The molecule has 0 aliphatic carbocycles. The molecule has 3 heteroatoms. The molecular formula is C17H16O3. The van der Waals surface area contributed by atoms with Crippen molar-refractivity contribution < 1.29 is 14.3 Å². The van der Waals surface area contributed by atoms with Crippen molar-refractivity contribution in [1.82, 2.24) is 0 Å². The Kier molecular flexibility index (Phi) is 3.18. The normalized spacial score (nSPS) is 12.7. The average Bonchev–Trinajstić information content (AvgIpc) is 2.93. The van der Waals surface area contributed by atoms with E-state index < -0.39 is 0 Å². The van der Waals surface area contributed by atoms with Crippen LogP contribution < -0.4 is 9.47 Å². The minimum atomic E-state index is 0.0328. The van der Waals surface area contributed by atoms with Gasteiger partial charge in [-0.3, -0.25) is 4.79 Å². The van der Waals surface area contributed by atoms with Gasteiger partial charge in [0, 0.05) is 17.5 Å². The number of aryl methyl sites for hydroxylation is 1. The lowest BCUT2D eigenvalue weighted by Crippen LogP contribution is -2.02. The predicted molar refractivity (Wildman–Crippen MR) is 76.8 cm³/mol. The second-order valence-electron chi connectivity index (χ2n) is 4.93. The maximum atomic E-state index is 12.5. The summed E-state index contributed by atoms with van der Waals surface area (Å²) in [6.45, 7) is 2.64. The van der Waals surface area contributed by atoms with E-state index in [1.807, 2.05) is 37.3 Å². The first-order valence-electron chi connectivity index (χ1n) is 6.64. The van der Waals surface area contributed by atoms with Gasteiger partial charge in [0.1, 0.15) is 11.5 Å². The van der Waals surface area contributed by atoms with E-state index in [-0.39, 0.29) is 5.78 Å². The van der Waals surface area contributed by atoms with E-state index in [9.17, 15) is 4.79 Å². The van der Waals surface area contributed by atoms with Gasteiger partial charge in [0.05, 0.1) is 13.7 Å². The molecule has 0 fully saturated rings. The molecule has 1 aliphatic rings. The molecular weight excluding hydrogens is 252 g/mol. The Morgan fingerprint density at radius 2 is 1.90 bits per heavy atom. The number of benzene rings is 2. The summed E-state index contributed by atoms with van der Waals surface area (Å²) in [5.41, 5.74) is 3.46. The molecule has 0 amide bonds. The summed E-state index contributed by atoms with van der Waals surface area (Å²) < 4.78 is 10.7. The number of carbonyl (C=O) groups is 1. The molecule has 20 heavy (non-hydrogen) atoms. The number of hydrogen-bond acceptors (Lipinski definition) is 3. The highest BCUT2D eigenvalue weighted by Crippen LogP contribution is 2.27. The lowest BCUT2D eigenvalue weighted by Gasteiger charge is -2.07. The molecule has 3 nitrogen and oxygen atoms in total. The molecule has 0 atom stereocenters. The van der Waals surface area contributed by atoms with Gasteiger partial charge in [-0.2, -0.15) is 0 Å². The third kappa shape index (κ3) is 2.16. The Bertz CT molecular complexity index is 674. The Morgan fingerprint density at radius 1 is 1.15 bits per heavy atom. The highest BCUT2D eigenvalue weighted by molar-refractivity contribution is 6.09. The van der Waals surface area contributed by atoms with Gasteiger partial charge >= 0.3 is 0 Å². The van der Waals surface area contributed by atoms with Crippen LogP contribution in [0, 0.1) is 6.92 Å². The number of methoxy groups -OCH3 is 1. The summed E-state index contributed by atoms with van der Waals surface area (Å²) >= 11 is 0. The number of rotatable bonds is 3. The lowest BCUT2D eigenvalue weighted by atomic mass is 9.99. The monoisotopic (exact) mass is 268 g/mol. The minimum absolute atomic E-state index is 0.0328. The first-order chi connectivity index (χ1) is 9.69. The number of ether oxygens (including phenoxy) is 2. The van der Waals surface area contributed by atoms with Crippen LogP contribution >= 0.6 is 0 Å². The van der Waals surface area contributed by atoms with E-state index in [4.69, 9.17) is 9.47 Å². The molecule has 0 aromatic heterocycles. The zero-order valence-corrected chi connectivity index (χ0v) is 11.6. The first kappa shape index (κ1) is 12.7. The second-order valence-corrected chi connectivity index (χ2v) is 4.93. The Hall–Kier alpha value is -2.29. The van der Waals surface area contributed by atoms with Gasteiger partial charge in [-0.25, -0.2) is 0 Å². The van der Waals surface area contributed by atoms with Gasteiger partial charge in [-0.15, -0.1) is 0 Å². The van der Waals surface area contributed by atoms with E-state index in [1.54, 1.807) is 13.2 Å². The molecule has 2 aromatic carbocycles. The fourth-order valence-electron chi connectivity index (χ4n) is 2.51. The van der Waals surface area contributed by atoms with Crippen LogP contribution in [0.15, 0.2) is 36.4 Å². The fourth-order valence-corrected chi connectivity index (χ4v) is 2.51. The van der Waals surface area contributed by atoms with Crippen LogP contribution in [0.4, 0.5) is 0 Å². The Morgan fingerprint density at radius 3 is 2.65 bits per heavy atom. The molecule has 0 bridgehead atoms. The summed E-state index contributed by atoms with van der Waals surface area (Å²) in [5, 5.41) is 0. The number of ketones is 1. The number of hydrogen-bond donors (Lipinski definition) is 0. The molecule has 0 N–H and O–H groups in total. The maximum absolute atomic E-state index is 12.5. The van der Waals surface area contributed by atoms with E-state index in [2.05, 4.69) is 0 Å². The van der Waals surface area contributed by atoms with Gasteiger partial charge in [0.2, 0.25) is 0 Å².